The fourth-order valence-corrected chi connectivity index (χ4v) is 4.70. The lowest BCUT2D eigenvalue weighted by Gasteiger charge is -2.00. The predicted octanol–water partition coefficient (Wildman–Crippen LogP) is 2.58. The second-order valence-electron chi connectivity index (χ2n) is 7.13. The molecule has 0 fully saturated rings. The summed E-state index contributed by atoms with van der Waals surface area (Å²) < 4.78 is 30.4. The minimum Gasteiger partial charge on any atom is -0.457 e. The van der Waals surface area contributed by atoms with Crippen LogP contribution in [-0.2, 0) is 10.0 Å². The molecular formula is C22H16N4O4S2. The number of rotatable bonds is 4. The Labute approximate surface area is 186 Å². The number of aryl methyl sites for hydroxylation is 1. The van der Waals surface area contributed by atoms with Crippen molar-refractivity contribution in [2.24, 2.45) is 5.14 Å². The Bertz CT molecular complexity index is 1680. The number of fused-ring (bicyclic) bond motifs is 1. The van der Waals surface area contributed by atoms with Crippen LogP contribution in [0.25, 0.3) is 33.7 Å². The van der Waals surface area contributed by atoms with E-state index in [0.717, 1.165) is 11.1 Å². The molecule has 0 saturated heterocycles. The van der Waals surface area contributed by atoms with Gasteiger partial charge in [-0.1, -0.05) is 35.6 Å². The van der Waals surface area contributed by atoms with Crippen molar-refractivity contribution in [3.05, 3.63) is 86.9 Å². The van der Waals surface area contributed by atoms with Gasteiger partial charge in [-0.25, -0.2) is 13.6 Å². The van der Waals surface area contributed by atoms with Crippen molar-refractivity contribution >= 4 is 32.4 Å². The highest BCUT2D eigenvalue weighted by Crippen LogP contribution is 2.24. The largest absolute Gasteiger partial charge is 0.457 e. The Morgan fingerprint density at radius 1 is 1.06 bits per heavy atom. The van der Waals surface area contributed by atoms with Crippen LogP contribution in [0.5, 0.6) is 0 Å². The highest BCUT2D eigenvalue weighted by Gasteiger charge is 2.14. The van der Waals surface area contributed by atoms with E-state index < -0.39 is 10.0 Å². The minimum atomic E-state index is -3.76. The molecule has 5 rings (SSSR count). The second-order valence-corrected chi connectivity index (χ2v) is 9.70. The zero-order valence-corrected chi connectivity index (χ0v) is 18.4. The number of thiazole rings is 1. The number of sulfonamides is 1. The summed E-state index contributed by atoms with van der Waals surface area (Å²) in [5.41, 5.74) is 2.33. The van der Waals surface area contributed by atoms with E-state index in [4.69, 9.17) is 9.56 Å². The van der Waals surface area contributed by atoms with Gasteiger partial charge in [-0.3, -0.25) is 4.79 Å². The van der Waals surface area contributed by atoms with Crippen molar-refractivity contribution in [2.45, 2.75) is 11.8 Å². The van der Waals surface area contributed by atoms with Crippen LogP contribution in [-0.4, -0.2) is 23.0 Å². The summed E-state index contributed by atoms with van der Waals surface area (Å²) in [6.45, 7) is 1.97. The van der Waals surface area contributed by atoms with Crippen molar-refractivity contribution in [1.29, 1.82) is 0 Å². The molecule has 0 unspecified atom stereocenters. The number of nitrogens with zero attached hydrogens (tertiary/aromatic N) is 3. The topological polar surface area (TPSA) is 121 Å². The first-order valence-electron chi connectivity index (χ1n) is 9.50. The molecule has 5 aromatic rings. The van der Waals surface area contributed by atoms with E-state index >= 15 is 0 Å². The van der Waals surface area contributed by atoms with Crippen LogP contribution >= 0.6 is 11.3 Å². The summed E-state index contributed by atoms with van der Waals surface area (Å²) in [6, 6.07) is 17.3. The number of nitrogens with two attached hydrogens (primary N) is 1. The Morgan fingerprint density at radius 3 is 2.50 bits per heavy atom. The third-order valence-electron chi connectivity index (χ3n) is 4.94. The molecule has 0 spiro atoms. The van der Waals surface area contributed by atoms with Crippen LogP contribution in [0.4, 0.5) is 0 Å². The Morgan fingerprint density at radius 2 is 1.81 bits per heavy atom. The number of hydrogen-bond acceptors (Lipinski definition) is 7. The summed E-state index contributed by atoms with van der Waals surface area (Å²) in [4.78, 5) is 17.8. The summed E-state index contributed by atoms with van der Waals surface area (Å²) in [7, 11) is -3.76. The number of furan rings is 1. The molecule has 0 amide bonds. The van der Waals surface area contributed by atoms with Gasteiger partial charge in [0.05, 0.1) is 4.90 Å². The molecule has 2 N–H and O–H groups in total. The average molecular weight is 465 g/mol. The minimum absolute atomic E-state index is 0.0232. The summed E-state index contributed by atoms with van der Waals surface area (Å²) in [6.07, 6.45) is 1.64. The zero-order valence-electron chi connectivity index (χ0n) is 16.7. The van der Waals surface area contributed by atoms with E-state index in [0.29, 0.717) is 32.4 Å². The van der Waals surface area contributed by atoms with Crippen LogP contribution in [0.15, 0.2) is 74.8 Å². The molecule has 0 radical (unpaired) electrons. The third-order valence-corrected chi connectivity index (χ3v) is 6.82. The maximum absolute atomic E-state index is 12.8. The van der Waals surface area contributed by atoms with Gasteiger partial charge in [0.25, 0.3) is 5.56 Å². The van der Waals surface area contributed by atoms with Gasteiger partial charge in [-0.05, 0) is 48.9 Å². The van der Waals surface area contributed by atoms with E-state index in [2.05, 4.69) is 10.1 Å². The molecule has 0 aliphatic carbocycles. The highest BCUT2D eigenvalue weighted by molar-refractivity contribution is 7.89. The molecule has 3 aromatic heterocycles. The lowest BCUT2D eigenvalue weighted by molar-refractivity contribution is 0.571. The molecule has 0 atom stereocenters. The van der Waals surface area contributed by atoms with E-state index in [1.54, 1.807) is 30.3 Å². The molecule has 2 aromatic carbocycles. The monoisotopic (exact) mass is 464 g/mol. The van der Waals surface area contributed by atoms with E-state index in [-0.39, 0.29) is 10.5 Å². The van der Waals surface area contributed by atoms with Crippen molar-refractivity contribution in [2.75, 3.05) is 0 Å². The molecule has 10 heteroatoms. The average Bonchev–Trinajstić information content (AvgIpc) is 3.46. The Balaban J connectivity index is 1.48. The standard InChI is InChI=1S/C22H16N4O4S2/c1-13-4-2-3-5-17(13)20-24-22-26(25-20)21(27)19(31-22)12-15-8-11-18(30-15)14-6-9-16(10-7-14)32(23,28)29/h2-12H,1H3,(H2,23,28,29). The van der Waals surface area contributed by atoms with Crippen LogP contribution in [0.3, 0.4) is 0 Å². The van der Waals surface area contributed by atoms with Crippen molar-refractivity contribution in [3.8, 4) is 22.7 Å². The van der Waals surface area contributed by atoms with Gasteiger partial charge in [-0.2, -0.15) is 9.50 Å². The number of benzene rings is 2. The van der Waals surface area contributed by atoms with Crippen LogP contribution < -0.4 is 15.2 Å². The number of primary sulfonamides is 1. The van der Waals surface area contributed by atoms with Gasteiger partial charge in [0.1, 0.15) is 16.1 Å². The molecule has 8 nitrogen and oxygen atoms in total. The molecule has 0 bridgehead atoms. The van der Waals surface area contributed by atoms with Crippen molar-refractivity contribution < 1.29 is 12.8 Å². The van der Waals surface area contributed by atoms with Crippen LogP contribution in [0.1, 0.15) is 11.3 Å². The summed E-state index contributed by atoms with van der Waals surface area (Å²) in [5, 5.41) is 9.51. The normalized spacial score (nSPS) is 12.6. The highest BCUT2D eigenvalue weighted by atomic mass is 32.2. The molecule has 0 aliphatic heterocycles. The Hall–Kier alpha value is -3.60. The predicted molar refractivity (Wildman–Crippen MR) is 122 cm³/mol. The van der Waals surface area contributed by atoms with Gasteiger partial charge in [0.2, 0.25) is 15.0 Å². The van der Waals surface area contributed by atoms with Crippen LogP contribution in [0, 0.1) is 6.92 Å². The smallest absolute Gasteiger partial charge is 0.291 e. The maximum Gasteiger partial charge on any atom is 0.291 e. The number of aromatic nitrogens is 3. The fourth-order valence-electron chi connectivity index (χ4n) is 3.30. The second kappa shape index (κ2) is 7.52. The fraction of sp³-hybridized carbons (Fsp3) is 0.0455. The molecule has 0 aliphatic rings. The molecule has 3 heterocycles. The van der Waals surface area contributed by atoms with Gasteiger partial charge in [0, 0.05) is 17.2 Å². The zero-order chi connectivity index (χ0) is 22.5. The quantitative estimate of drug-likeness (QED) is 0.436. The lowest BCUT2D eigenvalue weighted by Crippen LogP contribution is -2.23. The number of hydrogen-bond donors (Lipinski definition) is 1. The van der Waals surface area contributed by atoms with Gasteiger partial charge in [0.15, 0.2) is 5.82 Å². The first kappa shape index (κ1) is 20.3. The lowest BCUT2D eigenvalue weighted by atomic mass is 10.1. The van der Waals surface area contributed by atoms with Gasteiger partial charge in [-0.15, -0.1) is 5.10 Å². The molecular weight excluding hydrogens is 448 g/mol. The van der Waals surface area contributed by atoms with E-state index in [1.807, 2.05) is 31.2 Å². The van der Waals surface area contributed by atoms with Gasteiger partial charge >= 0.3 is 0 Å². The molecule has 32 heavy (non-hydrogen) atoms. The SMILES string of the molecule is Cc1ccccc1-c1nc2sc(=Cc3ccc(-c4ccc(S(N)(=O)=O)cc4)o3)c(=O)n2n1. The van der Waals surface area contributed by atoms with E-state index in [9.17, 15) is 13.2 Å². The maximum atomic E-state index is 12.8. The van der Waals surface area contributed by atoms with Gasteiger partial charge < -0.3 is 4.42 Å². The van der Waals surface area contributed by atoms with E-state index in [1.165, 1.54) is 28.0 Å². The first-order chi connectivity index (χ1) is 15.3. The summed E-state index contributed by atoms with van der Waals surface area (Å²) in [5.74, 6) is 1.53. The van der Waals surface area contributed by atoms with Crippen molar-refractivity contribution in [3.63, 3.8) is 0 Å². The molecule has 160 valence electrons. The Kier molecular flexibility index (Phi) is 4.77. The summed E-state index contributed by atoms with van der Waals surface area (Å²) >= 11 is 1.23. The third kappa shape index (κ3) is 3.64. The van der Waals surface area contributed by atoms with Crippen LogP contribution in [0.2, 0.25) is 0 Å². The first-order valence-corrected chi connectivity index (χ1v) is 11.9. The molecule has 0 saturated carbocycles. The van der Waals surface area contributed by atoms with Crippen molar-refractivity contribution in [1.82, 2.24) is 14.6 Å².